The lowest BCUT2D eigenvalue weighted by molar-refractivity contribution is -0.137. The van der Waals surface area contributed by atoms with E-state index in [1.165, 1.54) is 6.07 Å². The lowest BCUT2D eigenvalue weighted by Gasteiger charge is -2.21. The molecule has 0 radical (unpaired) electrons. The number of nitrogens with zero attached hydrogens (tertiary/aromatic N) is 1. The second kappa shape index (κ2) is 5.27. The molecule has 0 amide bonds. The minimum absolute atomic E-state index is 0.0326. The average molecular weight is 248 g/mol. The first-order valence-corrected chi connectivity index (χ1v) is 5.15. The summed E-state index contributed by atoms with van der Waals surface area (Å²) >= 11 is 0. The molecule has 0 saturated carbocycles. The summed E-state index contributed by atoms with van der Waals surface area (Å²) in [6.45, 7) is 0.566. The van der Waals surface area contributed by atoms with E-state index in [1.54, 1.807) is 11.9 Å². The molecule has 0 saturated heterocycles. The fourth-order valence-electron chi connectivity index (χ4n) is 1.51. The Morgan fingerprint density at radius 1 is 1.35 bits per heavy atom. The van der Waals surface area contributed by atoms with Gasteiger partial charge < -0.3 is 15.7 Å². The number of anilines is 2. The molecule has 0 aliphatic heterocycles. The number of alkyl halides is 3. The minimum atomic E-state index is -4.38. The molecule has 96 valence electrons. The van der Waals surface area contributed by atoms with Crippen LogP contribution in [0.3, 0.4) is 0 Å². The summed E-state index contributed by atoms with van der Waals surface area (Å²) in [4.78, 5) is 1.71. The van der Waals surface area contributed by atoms with Crippen molar-refractivity contribution in [3.63, 3.8) is 0 Å². The fraction of sp³-hybridized carbons (Fsp3) is 0.455. The SMILES string of the molecule is CN(CCCO)c1ccc(C(F)(F)F)cc1N. The number of rotatable bonds is 4. The van der Waals surface area contributed by atoms with Gasteiger partial charge >= 0.3 is 6.18 Å². The van der Waals surface area contributed by atoms with Gasteiger partial charge in [-0.2, -0.15) is 13.2 Å². The van der Waals surface area contributed by atoms with Crippen LogP contribution in [0.4, 0.5) is 24.5 Å². The van der Waals surface area contributed by atoms with Gasteiger partial charge in [0.15, 0.2) is 0 Å². The summed E-state index contributed by atoms with van der Waals surface area (Å²) in [5.74, 6) is 0. The lowest BCUT2D eigenvalue weighted by atomic mass is 10.1. The van der Waals surface area contributed by atoms with Gasteiger partial charge in [-0.1, -0.05) is 0 Å². The van der Waals surface area contributed by atoms with Crippen LogP contribution in [0.15, 0.2) is 18.2 Å². The van der Waals surface area contributed by atoms with Crippen LogP contribution in [0.2, 0.25) is 0 Å². The van der Waals surface area contributed by atoms with Crippen molar-refractivity contribution in [2.45, 2.75) is 12.6 Å². The molecule has 3 N–H and O–H groups in total. The third-order valence-electron chi connectivity index (χ3n) is 2.42. The molecular formula is C11H15F3N2O. The Kier molecular flexibility index (Phi) is 4.22. The molecule has 0 atom stereocenters. The largest absolute Gasteiger partial charge is 0.416 e. The summed E-state index contributed by atoms with van der Waals surface area (Å²) < 4.78 is 37.2. The lowest BCUT2D eigenvalue weighted by Crippen LogP contribution is -2.21. The number of benzene rings is 1. The van der Waals surface area contributed by atoms with E-state index in [-0.39, 0.29) is 12.3 Å². The molecule has 0 aliphatic rings. The number of hydrogen-bond donors (Lipinski definition) is 2. The van der Waals surface area contributed by atoms with Gasteiger partial charge in [-0.3, -0.25) is 0 Å². The summed E-state index contributed by atoms with van der Waals surface area (Å²) in [6.07, 6.45) is -3.84. The number of nitrogens with two attached hydrogens (primary N) is 1. The number of aliphatic hydroxyl groups excluding tert-OH is 1. The first kappa shape index (κ1) is 13.6. The Morgan fingerprint density at radius 3 is 2.47 bits per heavy atom. The standard InChI is InChI=1S/C11H15F3N2O/c1-16(5-2-6-17)10-4-3-8(7-9(10)15)11(12,13)14/h3-4,7,17H,2,5-6,15H2,1H3. The van der Waals surface area contributed by atoms with Gasteiger partial charge in [-0.15, -0.1) is 0 Å². The van der Waals surface area contributed by atoms with Crippen molar-refractivity contribution in [3.8, 4) is 0 Å². The maximum absolute atomic E-state index is 12.4. The molecule has 0 fully saturated rings. The smallest absolute Gasteiger partial charge is 0.397 e. The van der Waals surface area contributed by atoms with E-state index in [9.17, 15) is 13.2 Å². The van der Waals surface area contributed by atoms with E-state index < -0.39 is 11.7 Å². The molecule has 1 aromatic carbocycles. The second-order valence-corrected chi connectivity index (χ2v) is 3.77. The van der Waals surface area contributed by atoms with Crippen LogP contribution in [0.25, 0.3) is 0 Å². The molecule has 0 unspecified atom stereocenters. The monoisotopic (exact) mass is 248 g/mol. The van der Waals surface area contributed by atoms with Gasteiger partial charge in [0.2, 0.25) is 0 Å². The highest BCUT2D eigenvalue weighted by Gasteiger charge is 2.30. The zero-order valence-electron chi connectivity index (χ0n) is 9.46. The summed E-state index contributed by atoms with van der Waals surface area (Å²) in [5, 5.41) is 8.68. The van der Waals surface area contributed by atoms with Crippen LogP contribution in [0, 0.1) is 0 Å². The third kappa shape index (κ3) is 3.52. The van der Waals surface area contributed by atoms with Crippen molar-refractivity contribution in [2.24, 2.45) is 0 Å². The Bertz CT molecular complexity index is 379. The van der Waals surface area contributed by atoms with Crippen LogP contribution in [0.5, 0.6) is 0 Å². The molecular weight excluding hydrogens is 233 g/mol. The van der Waals surface area contributed by atoms with Crippen LogP contribution in [0.1, 0.15) is 12.0 Å². The van der Waals surface area contributed by atoms with E-state index in [2.05, 4.69) is 0 Å². The first-order valence-electron chi connectivity index (χ1n) is 5.15. The Morgan fingerprint density at radius 2 is 2.00 bits per heavy atom. The highest BCUT2D eigenvalue weighted by atomic mass is 19.4. The Balaban J connectivity index is 2.90. The Labute approximate surface area is 97.6 Å². The molecule has 0 aromatic heterocycles. The van der Waals surface area contributed by atoms with Crippen LogP contribution < -0.4 is 10.6 Å². The van der Waals surface area contributed by atoms with Crippen molar-refractivity contribution in [3.05, 3.63) is 23.8 Å². The second-order valence-electron chi connectivity index (χ2n) is 3.77. The molecule has 17 heavy (non-hydrogen) atoms. The highest BCUT2D eigenvalue weighted by molar-refractivity contribution is 5.68. The third-order valence-corrected chi connectivity index (χ3v) is 2.42. The molecule has 0 bridgehead atoms. The molecule has 0 heterocycles. The molecule has 6 heteroatoms. The van der Waals surface area contributed by atoms with E-state index in [1.807, 2.05) is 0 Å². The molecule has 3 nitrogen and oxygen atoms in total. The number of hydrogen-bond acceptors (Lipinski definition) is 3. The minimum Gasteiger partial charge on any atom is -0.397 e. The maximum Gasteiger partial charge on any atom is 0.416 e. The van der Waals surface area contributed by atoms with Crippen molar-refractivity contribution in [2.75, 3.05) is 30.8 Å². The fourth-order valence-corrected chi connectivity index (χ4v) is 1.51. The van der Waals surface area contributed by atoms with Crippen molar-refractivity contribution in [1.82, 2.24) is 0 Å². The van der Waals surface area contributed by atoms with E-state index >= 15 is 0 Å². The van der Waals surface area contributed by atoms with Crippen LogP contribution >= 0.6 is 0 Å². The molecule has 0 aliphatic carbocycles. The normalized spacial score (nSPS) is 11.6. The van der Waals surface area contributed by atoms with E-state index in [0.29, 0.717) is 18.7 Å². The summed E-state index contributed by atoms with van der Waals surface area (Å²) in [5.41, 5.74) is 5.45. The van der Waals surface area contributed by atoms with Crippen LogP contribution in [-0.4, -0.2) is 25.3 Å². The predicted octanol–water partition coefficient (Wildman–Crippen LogP) is 2.11. The Hall–Kier alpha value is -1.43. The molecule has 0 spiro atoms. The zero-order chi connectivity index (χ0) is 13.1. The van der Waals surface area contributed by atoms with Gasteiger partial charge in [-0.05, 0) is 24.6 Å². The zero-order valence-corrected chi connectivity index (χ0v) is 9.46. The predicted molar refractivity (Wildman–Crippen MR) is 60.8 cm³/mol. The van der Waals surface area contributed by atoms with Gasteiger partial charge in [0.05, 0.1) is 16.9 Å². The quantitative estimate of drug-likeness (QED) is 0.802. The number of halogens is 3. The molecule has 1 aromatic rings. The summed E-state index contributed by atoms with van der Waals surface area (Å²) in [7, 11) is 1.72. The summed E-state index contributed by atoms with van der Waals surface area (Å²) in [6, 6.07) is 3.27. The topological polar surface area (TPSA) is 49.5 Å². The van der Waals surface area contributed by atoms with Gasteiger partial charge in [0.1, 0.15) is 0 Å². The van der Waals surface area contributed by atoms with Crippen molar-refractivity contribution < 1.29 is 18.3 Å². The van der Waals surface area contributed by atoms with Gasteiger partial charge in [0.25, 0.3) is 0 Å². The van der Waals surface area contributed by atoms with Crippen molar-refractivity contribution >= 4 is 11.4 Å². The van der Waals surface area contributed by atoms with Crippen LogP contribution in [-0.2, 0) is 6.18 Å². The first-order chi connectivity index (χ1) is 7.86. The van der Waals surface area contributed by atoms with Gasteiger partial charge in [-0.25, -0.2) is 0 Å². The van der Waals surface area contributed by atoms with E-state index in [0.717, 1.165) is 12.1 Å². The highest BCUT2D eigenvalue weighted by Crippen LogP contribution is 2.33. The van der Waals surface area contributed by atoms with Gasteiger partial charge in [0, 0.05) is 20.2 Å². The number of nitrogen functional groups attached to an aromatic ring is 1. The van der Waals surface area contributed by atoms with Crippen molar-refractivity contribution in [1.29, 1.82) is 0 Å². The number of aliphatic hydroxyl groups is 1. The average Bonchev–Trinajstić information content (AvgIpc) is 2.24. The molecule has 1 rings (SSSR count). The van der Waals surface area contributed by atoms with E-state index in [4.69, 9.17) is 10.8 Å². The maximum atomic E-state index is 12.4.